The van der Waals surface area contributed by atoms with Crippen LogP contribution < -0.4 is 4.74 Å². The van der Waals surface area contributed by atoms with Gasteiger partial charge in [0, 0.05) is 22.4 Å². The first-order valence-electron chi connectivity index (χ1n) is 5.45. The second kappa shape index (κ2) is 5.60. The molecule has 0 radical (unpaired) electrons. The van der Waals surface area contributed by atoms with Gasteiger partial charge in [0.2, 0.25) is 0 Å². The topological polar surface area (TPSA) is 35.0 Å². The van der Waals surface area contributed by atoms with Crippen molar-refractivity contribution in [3.05, 3.63) is 34.1 Å². The van der Waals surface area contributed by atoms with Gasteiger partial charge in [0.25, 0.3) is 5.19 Å². The predicted octanol–water partition coefficient (Wildman–Crippen LogP) is 4.35. The molecule has 3 nitrogen and oxygen atoms in total. The average molecular weight is 313 g/mol. The molecule has 2 aromatic rings. The Bertz CT molecular complexity index is 513. The highest BCUT2D eigenvalue weighted by atomic mass is 79.9. The van der Waals surface area contributed by atoms with Gasteiger partial charge in [-0.1, -0.05) is 22.9 Å². The lowest BCUT2D eigenvalue weighted by atomic mass is 10.2. The Balaban J connectivity index is 2.13. The van der Waals surface area contributed by atoms with Crippen molar-refractivity contribution >= 4 is 27.5 Å². The lowest BCUT2D eigenvalue weighted by molar-refractivity contribution is 0.473. The van der Waals surface area contributed by atoms with Crippen LogP contribution in [0.15, 0.2) is 22.7 Å². The van der Waals surface area contributed by atoms with Crippen LogP contribution in [0.5, 0.6) is 10.9 Å². The molecule has 17 heavy (non-hydrogen) atoms. The number of hydrogen-bond donors (Lipinski definition) is 0. The normalized spacial score (nSPS) is 10.5. The van der Waals surface area contributed by atoms with E-state index in [1.807, 2.05) is 25.1 Å². The highest BCUT2D eigenvalue weighted by Crippen LogP contribution is 2.28. The molecule has 0 N–H and O–H groups in total. The molecule has 0 amide bonds. The van der Waals surface area contributed by atoms with Crippen molar-refractivity contribution in [3.63, 3.8) is 0 Å². The summed E-state index contributed by atoms with van der Waals surface area (Å²) in [6, 6.07) is 5.90. The maximum Gasteiger partial charge on any atom is 0.298 e. The van der Waals surface area contributed by atoms with Crippen LogP contribution in [-0.2, 0) is 6.42 Å². The fourth-order valence-electron chi connectivity index (χ4n) is 1.43. The first-order valence-corrected chi connectivity index (χ1v) is 7.02. The van der Waals surface area contributed by atoms with E-state index in [1.54, 1.807) is 0 Å². The fraction of sp³-hybridized carbons (Fsp3) is 0.333. The van der Waals surface area contributed by atoms with Gasteiger partial charge in [-0.15, -0.1) is 0 Å². The first-order chi connectivity index (χ1) is 8.19. The van der Waals surface area contributed by atoms with E-state index in [0.717, 1.165) is 34.5 Å². The van der Waals surface area contributed by atoms with E-state index in [0.29, 0.717) is 5.19 Å². The van der Waals surface area contributed by atoms with Crippen molar-refractivity contribution in [1.82, 2.24) is 9.36 Å². The van der Waals surface area contributed by atoms with Crippen LogP contribution in [0.25, 0.3) is 0 Å². The molecule has 1 aromatic heterocycles. The SMILES string of the molecule is CCCc1nsc(Oc2ccc(Br)cc2C)n1. The molecule has 5 heteroatoms. The Morgan fingerprint density at radius 1 is 1.41 bits per heavy atom. The Morgan fingerprint density at radius 3 is 2.94 bits per heavy atom. The van der Waals surface area contributed by atoms with Gasteiger partial charge >= 0.3 is 0 Å². The van der Waals surface area contributed by atoms with E-state index < -0.39 is 0 Å². The molecule has 0 aliphatic heterocycles. The number of halogens is 1. The molecule has 0 unspecified atom stereocenters. The molecule has 1 aromatic carbocycles. The van der Waals surface area contributed by atoms with E-state index in [-0.39, 0.29) is 0 Å². The van der Waals surface area contributed by atoms with Gasteiger partial charge in [-0.3, -0.25) is 0 Å². The summed E-state index contributed by atoms with van der Waals surface area (Å²) in [7, 11) is 0. The number of hydrogen-bond acceptors (Lipinski definition) is 4. The van der Waals surface area contributed by atoms with Crippen LogP contribution in [0.4, 0.5) is 0 Å². The Labute approximate surface area is 113 Å². The van der Waals surface area contributed by atoms with Crippen LogP contribution in [0.1, 0.15) is 24.7 Å². The monoisotopic (exact) mass is 312 g/mol. The molecular weight excluding hydrogens is 300 g/mol. The highest BCUT2D eigenvalue weighted by Gasteiger charge is 2.07. The Morgan fingerprint density at radius 2 is 2.24 bits per heavy atom. The lowest BCUT2D eigenvalue weighted by Crippen LogP contribution is -1.89. The van der Waals surface area contributed by atoms with Crippen molar-refractivity contribution in [3.8, 4) is 10.9 Å². The smallest absolute Gasteiger partial charge is 0.298 e. The van der Waals surface area contributed by atoms with Gasteiger partial charge in [0.15, 0.2) is 0 Å². The third kappa shape index (κ3) is 3.26. The second-order valence-electron chi connectivity index (χ2n) is 3.74. The van der Waals surface area contributed by atoms with Gasteiger partial charge in [0.1, 0.15) is 11.6 Å². The zero-order valence-electron chi connectivity index (χ0n) is 9.74. The third-order valence-electron chi connectivity index (χ3n) is 2.26. The molecule has 0 aliphatic rings. The van der Waals surface area contributed by atoms with Gasteiger partial charge in [-0.05, 0) is 37.1 Å². The van der Waals surface area contributed by atoms with Crippen LogP contribution >= 0.6 is 27.5 Å². The molecule has 0 atom stereocenters. The molecule has 0 saturated carbocycles. The summed E-state index contributed by atoms with van der Waals surface area (Å²) in [5.74, 6) is 1.69. The minimum absolute atomic E-state index is 0.610. The molecule has 90 valence electrons. The van der Waals surface area contributed by atoms with Crippen molar-refractivity contribution in [2.75, 3.05) is 0 Å². The fourth-order valence-corrected chi connectivity index (χ4v) is 2.49. The molecule has 1 heterocycles. The van der Waals surface area contributed by atoms with Gasteiger partial charge in [0.05, 0.1) is 0 Å². The van der Waals surface area contributed by atoms with E-state index >= 15 is 0 Å². The van der Waals surface area contributed by atoms with Crippen LogP contribution in [-0.4, -0.2) is 9.36 Å². The average Bonchev–Trinajstić information content (AvgIpc) is 2.71. The van der Waals surface area contributed by atoms with Gasteiger partial charge in [-0.2, -0.15) is 9.36 Å². The predicted molar refractivity (Wildman–Crippen MR) is 72.9 cm³/mol. The number of aromatic nitrogens is 2. The number of nitrogens with zero attached hydrogens (tertiary/aromatic N) is 2. The van der Waals surface area contributed by atoms with Gasteiger partial charge in [-0.25, -0.2) is 0 Å². The zero-order valence-corrected chi connectivity index (χ0v) is 12.1. The van der Waals surface area contributed by atoms with E-state index in [2.05, 4.69) is 32.2 Å². The summed E-state index contributed by atoms with van der Waals surface area (Å²) >= 11 is 4.73. The molecule has 0 spiro atoms. The molecule has 0 fully saturated rings. The van der Waals surface area contributed by atoms with E-state index in [4.69, 9.17) is 4.74 Å². The van der Waals surface area contributed by atoms with Crippen molar-refractivity contribution in [2.24, 2.45) is 0 Å². The minimum Gasteiger partial charge on any atom is -0.430 e. The molecule has 0 saturated heterocycles. The molecule has 0 bridgehead atoms. The summed E-state index contributed by atoms with van der Waals surface area (Å²) in [6.45, 7) is 4.12. The standard InChI is InChI=1S/C12H13BrN2OS/c1-3-4-11-14-12(17-15-11)16-10-6-5-9(13)7-8(10)2/h5-7H,3-4H2,1-2H3. The quantitative estimate of drug-likeness (QED) is 0.841. The Hall–Kier alpha value is -0.940. The maximum atomic E-state index is 5.72. The summed E-state index contributed by atoms with van der Waals surface area (Å²) in [4.78, 5) is 4.33. The summed E-state index contributed by atoms with van der Waals surface area (Å²) in [6.07, 6.45) is 1.95. The van der Waals surface area contributed by atoms with Crippen molar-refractivity contribution in [1.29, 1.82) is 0 Å². The second-order valence-corrected chi connectivity index (χ2v) is 5.37. The van der Waals surface area contributed by atoms with Crippen LogP contribution in [0.2, 0.25) is 0 Å². The number of ether oxygens (including phenoxy) is 1. The summed E-state index contributed by atoms with van der Waals surface area (Å²) in [5, 5.41) is 0.610. The summed E-state index contributed by atoms with van der Waals surface area (Å²) < 4.78 is 11.0. The van der Waals surface area contributed by atoms with Crippen LogP contribution in [0, 0.1) is 6.92 Å². The minimum atomic E-state index is 0.610. The lowest BCUT2D eigenvalue weighted by Gasteiger charge is -2.04. The first kappa shape index (κ1) is 12.5. The highest BCUT2D eigenvalue weighted by molar-refractivity contribution is 9.10. The van der Waals surface area contributed by atoms with E-state index in [9.17, 15) is 0 Å². The molecule has 2 rings (SSSR count). The number of rotatable bonds is 4. The largest absolute Gasteiger partial charge is 0.430 e. The number of benzene rings is 1. The maximum absolute atomic E-state index is 5.72. The molecular formula is C12H13BrN2OS. The Kier molecular flexibility index (Phi) is 4.12. The number of aryl methyl sites for hydroxylation is 2. The van der Waals surface area contributed by atoms with E-state index in [1.165, 1.54) is 11.5 Å². The summed E-state index contributed by atoms with van der Waals surface area (Å²) in [5.41, 5.74) is 1.08. The van der Waals surface area contributed by atoms with Crippen LogP contribution in [0.3, 0.4) is 0 Å². The van der Waals surface area contributed by atoms with Gasteiger partial charge < -0.3 is 4.74 Å². The third-order valence-corrected chi connectivity index (χ3v) is 3.38. The van der Waals surface area contributed by atoms with Crippen molar-refractivity contribution < 1.29 is 4.74 Å². The molecule has 0 aliphatic carbocycles. The van der Waals surface area contributed by atoms with Crippen molar-refractivity contribution in [2.45, 2.75) is 26.7 Å². The zero-order chi connectivity index (χ0) is 12.3.